The van der Waals surface area contributed by atoms with E-state index in [0.717, 1.165) is 30.5 Å². The van der Waals surface area contributed by atoms with Crippen LogP contribution in [0.4, 0.5) is 0 Å². The van der Waals surface area contributed by atoms with Gasteiger partial charge in [-0.25, -0.2) is 4.98 Å². The standard InChI is InChI=1S/C21H21N3O2/c25-20(18-14-26-21(23-18)17-12-7-13-22-17)24-19(15-8-3-1-4-9-15)16-10-5-2-6-11-16/h1-6,8-11,14,17,19,22H,7,12-13H2,(H,24,25). The second-order valence-electron chi connectivity index (χ2n) is 6.45. The maximum Gasteiger partial charge on any atom is 0.273 e. The quantitative estimate of drug-likeness (QED) is 0.740. The summed E-state index contributed by atoms with van der Waals surface area (Å²) in [6.07, 6.45) is 3.52. The van der Waals surface area contributed by atoms with E-state index in [4.69, 9.17) is 4.42 Å². The van der Waals surface area contributed by atoms with Crippen molar-refractivity contribution < 1.29 is 9.21 Å². The van der Waals surface area contributed by atoms with Crippen LogP contribution < -0.4 is 10.6 Å². The molecule has 1 atom stereocenters. The summed E-state index contributed by atoms with van der Waals surface area (Å²) in [5.41, 5.74) is 2.35. The smallest absolute Gasteiger partial charge is 0.273 e. The minimum absolute atomic E-state index is 0.107. The molecule has 0 spiro atoms. The topological polar surface area (TPSA) is 67.2 Å². The van der Waals surface area contributed by atoms with Crippen molar-refractivity contribution in [1.82, 2.24) is 15.6 Å². The fourth-order valence-electron chi connectivity index (χ4n) is 3.30. The fourth-order valence-corrected chi connectivity index (χ4v) is 3.30. The summed E-state index contributed by atoms with van der Waals surface area (Å²) in [7, 11) is 0. The Morgan fingerprint density at radius 2 is 1.73 bits per heavy atom. The van der Waals surface area contributed by atoms with E-state index >= 15 is 0 Å². The molecule has 132 valence electrons. The van der Waals surface area contributed by atoms with Gasteiger partial charge in [0.25, 0.3) is 5.91 Å². The van der Waals surface area contributed by atoms with Gasteiger partial charge in [-0.05, 0) is 30.5 Å². The monoisotopic (exact) mass is 347 g/mol. The summed E-state index contributed by atoms with van der Waals surface area (Å²) in [6, 6.07) is 19.7. The Hall–Kier alpha value is -2.92. The highest BCUT2D eigenvalue weighted by atomic mass is 16.3. The maximum atomic E-state index is 12.8. The van der Waals surface area contributed by atoms with Gasteiger partial charge in [0, 0.05) is 0 Å². The summed E-state index contributed by atoms with van der Waals surface area (Å²) in [5.74, 6) is 0.347. The van der Waals surface area contributed by atoms with Crippen molar-refractivity contribution in [3.8, 4) is 0 Å². The molecule has 1 saturated heterocycles. The lowest BCUT2D eigenvalue weighted by atomic mass is 9.98. The van der Waals surface area contributed by atoms with Gasteiger partial charge in [-0.15, -0.1) is 0 Å². The summed E-state index contributed by atoms with van der Waals surface area (Å²) in [4.78, 5) is 17.2. The Kier molecular flexibility index (Phi) is 4.80. The lowest BCUT2D eigenvalue weighted by Crippen LogP contribution is -2.29. The van der Waals surface area contributed by atoms with E-state index in [1.54, 1.807) is 0 Å². The number of hydrogen-bond donors (Lipinski definition) is 2. The molecule has 1 fully saturated rings. The van der Waals surface area contributed by atoms with E-state index in [2.05, 4.69) is 15.6 Å². The van der Waals surface area contributed by atoms with Gasteiger partial charge in [0.2, 0.25) is 5.89 Å². The zero-order valence-corrected chi connectivity index (χ0v) is 14.4. The fraction of sp³-hybridized carbons (Fsp3) is 0.238. The molecule has 5 nitrogen and oxygen atoms in total. The molecule has 0 aliphatic carbocycles. The third kappa shape index (κ3) is 3.53. The van der Waals surface area contributed by atoms with Crippen LogP contribution in [0.5, 0.6) is 0 Å². The Balaban J connectivity index is 1.56. The summed E-state index contributed by atoms with van der Waals surface area (Å²) < 4.78 is 5.53. The molecule has 5 heteroatoms. The molecular formula is C21H21N3O2. The van der Waals surface area contributed by atoms with E-state index in [-0.39, 0.29) is 18.0 Å². The molecule has 1 amide bonds. The molecule has 1 aromatic heterocycles. The zero-order valence-electron chi connectivity index (χ0n) is 14.4. The Labute approximate surface area is 152 Å². The molecule has 0 bridgehead atoms. The number of oxazole rings is 1. The predicted molar refractivity (Wildman–Crippen MR) is 98.7 cm³/mol. The van der Waals surface area contributed by atoms with Crippen LogP contribution in [-0.2, 0) is 0 Å². The number of rotatable bonds is 5. The van der Waals surface area contributed by atoms with Gasteiger partial charge in [-0.1, -0.05) is 60.7 Å². The molecule has 1 aliphatic rings. The first-order valence-electron chi connectivity index (χ1n) is 8.91. The van der Waals surface area contributed by atoms with Crippen LogP contribution in [0.2, 0.25) is 0 Å². The van der Waals surface area contributed by atoms with Crippen LogP contribution in [0.25, 0.3) is 0 Å². The second-order valence-corrected chi connectivity index (χ2v) is 6.45. The number of hydrogen-bond acceptors (Lipinski definition) is 4. The normalized spacial score (nSPS) is 16.7. The molecule has 2 aromatic carbocycles. The lowest BCUT2D eigenvalue weighted by molar-refractivity contribution is 0.0938. The van der Waals surface area contributed by atoms with Crippen LogP contribution in [0.15, 0.2) is 71.3 Å². The number of benzene rings is 2. The van der Waals surface area contributed by atoms with Crippen LogP contribution in [0, 0.1) is 0 Å². The molecule has 1 aliphatic heterocycles. The van der Waals surface area contributed by atoms with Crippen molar-refractivity contribution in [2.75, 3.05) is 6.54 Å². The van der Waals surface area contributed by atoms with E-state index in [0.29, 0.717) is 11.6 Å². The first kappa shape index (κ1) is 16.5. The number of carbonyl (C=O) groups excluding carboxylic acids is 1. The largest absolute Gasteiger partial charge is 0.446 e. The summed E-state index contributed by atoms with van der Waals surface area (Å²) in [5, 5.41) is 6.42. The Morgan fingerprint density at radius 3 is 2.31 bits per heavy atom. The van der Waals surface area contributed by atoms with Gasteiger partial charge in [0.05, 0.1) is 12.1 Å². The van der Waals surface area contributed by atoms with Crippen molar-refractivity contribution >= 4 is 5.91 Å². The van der Waals surface area contributed by atoms with Crippen LogP contribution >= 0.6 is 0 Å². The molecular weight excluding hydrogens is 326 g/mol. The lowest BCUT2D eigenvalue weighted by Gasteiger charge is -2.19. The van der Waals surface area contributed by atoms with Crippen molar-refractivity contribution in [2.45, 2.75) is 24.9 Å². The van der Waals surface area contributed by atoms with Crippen LogP contribution in [-0.4, -0.2) is 17.4 Å². The van der Waals surface area contributed by atoms with Gasteiger partial charge in [-0.2, -0.15) is 0 Å². The average Bonchev–Trinajstić information content (AvgIpc) is 3.39. The van der Waals surface area contributed by atoms with Crippen LogP contribution in [0.3, 0.4) is 0 Å². The predicted octanol–water partition coefficient (Wildman–Crippen LogP) is 3.62. The molecule has 2 heterocycles. The van der Waals surface area contributed by atoms with Crippen molar-refractivity contribution in [1.29, 1.82) is 0 Å². The van der Waals surface area contributed by atoms with E-state index in [1.165, 1.54) is 6.26 Å². The number of amides is 1. The van der Waals surface area contributed by atoms with Gasteiger partial charge in [-0.3, -0.25) is 4.79 Å². The molecule has 4 rings (SSSR count). The second kappa shape index (κ2) is 7.54. The number of aromatic nitrogens is 1. The number of nitrogens with zero attached hydrogens (tertiary/aromatic N) is 1. The van der Waals surface area contributed by atoms with E-state index in [1.807, 2.05) is 60.7 Å². The van der Waals surface area contributed by atoms with Crippen LogP contribution in [0.1, 0.15) is 52.4 Å². The molecule has 0 radical (unpaired) electrons. The highest BCUT2D eigenvalue weighted by Gasteiger charge is 2.24. The zero-order chi connectivity index (χ0) is 17.8. The minimum Gasteiger partial charge on any atom is -0.446 e. The maximum absolute atomic E-state index is 12.8. The Morgan fingerprint density at radius 1 is 1.08 bits per heavy atom. The molecule has 2 N–H and O–H groups in total. The van der Waals surface area contributed by atoms with Crippen molar-refractivity contribution in [3.05, 3.63) is 89.6 Å². The van der Waals surface area contributed by atoms with Crippen molar-refractivity contribution in [3.63, 3.8) is 0 Å². The third-order valence-electron chi connectivity index (χ3n) is 4.65. The molecule has 0 saturated carbocycles. The van der Waals surface area contributed by atoms with Gasteiger partial charge < -0.3 is 15.1 Å². The molecule has 3 aromatic rings. The van der Waals surface area contributed by atoms with Gasteiger partial charge >= 0.3 is 0 Å². The number of carbonyl (C=O) groups is 1. The summed E-state index contributed by atoms with van der Waals surface area (Å²) >= 11 is 0. The number of nitrogens with one attached hydrogen (secondary N) is 2. The molecule has 1 unspecified atom stereocenters. The molecule has 26 heavy (non-hydrogen) atoms. The Bertz CT molecular complexity index is 816. The highest BCUT2D eigenvalue weighted by Crippen LogP contribution is 2.24. The van der Waals surface area contributed by atoms with E-state index in [9.17, 15) is 4.79 Å². The van der Waals surface area contributed by atoms with Gasteiger partial charge in [0.1, 0.15) is 6.26 Å². The highest BCUT2D eigenvalue weighted by molar-refractivity contribution is 5.92. The summed E-state index contributed by atoms with van der Waals surface area (Å²) in [6.45, 7) is 0.957. The van der Waals surface area contributed by atoms with Gasteiger partial charge in [0.15, 0.2) is 5.69 Å². The minimum atomic E-state index is -0.241. The third-order valence-corrected chi connectivity index (χ3v) is 4.65. The first-order chi connectivity index (χ1) is 12.8. The first-order valence-corrected chi connectivity index (χ1v) is 8.91. The average molecular weight is 347 g/mol. The van der Waals surface area contributed by atoms with Crippen molar-refractivity contribution in [2.24, 2.45) is 0 Å². The van der Waals surface area contributed by atoms with E-state index < -0.39 is 0 Å². The SMILES string of the molecule is O=C(NC(c1ccccc1)c1ccccc1)c1coc(C2CCCN2)n1.